The number of nitrogens with zero attached hydrogens (tertiary/aromatic N) is 5. The third kappa shape index (κ3) is 3.34. The zero-order valence-electron chi connectivity index (χ0n) is 14.1. The van der Waals surface area contributed by atoms with E-state index in [1.807, 2.05) is 18.8 Å². The maximum Gasteiger partial charge on any atom is 0.293 e. The normalized spacial score (nSPS) is 14.6. The van der Waals surface area contributed by atoms with Gasteiger partial charge in [-0.3, -0.25) is 9.48 Å². The summed E-state index contributed by atoms with van der Waals surface area (Å²) < 4.78 is 1.66. The lowest BCUT2D eigenvalue weighted by Crippen LogP contribution is -2.34. The van der Waals surface area contributed by atoms with Crippen molar-refractivity contribution in [2.75, 3.05) is 34.8 Å². The van der Waals surface area contributed by atoms with Crippen LogP contribution in [0.15, 0.2) is 30.5 Å². The molecule has 2 aromatic heterocycles. The van der Waals surface area contributed by atoms with E-state index in [0.717, 1.165) is 35.8 Å². The molecule has 1 aliphatic rings. The van der Waals surface area contributed by atoms with Crippen LogP contribution in [0.25, 0.3) is 11.0 Å². The van der Waals surface area contributed by atoms with E-state index in [9.17, 15) is 4.79 Å². The Morgan fingerprint density at radius 3 is 2.65 bits per heavy atom. The summed E-state index contributed by atoms with van der Waals surface area (Å²) in [5.41, 5.74) is 1.29. The van der Waals surface area contributed by atoms with Gasteiger partial charge in [0.15, 0.2) is 5.65 Å². The summed E-state index contributed by atoms with van der Waals surface area (Å²) >= 11 is 7.81. The lowest BCUT2D eigenvalue weighted by atomic mass is 10.3. The Morgan fingerprint density at radius 2 is 1.92 bits per heavy atom. The van der Waals surface area contributed by atoms with Crippen molar-refractivity contribution < 1.29 is 4.79 Å². The number of anilines is 2. The number of halogens is 1. The monoisotopic (exact) mass is 388 g/mol. The van der Waals surface area contributed by atoms with Crippen molar-refractivity contribution in [3.05, 3.63) is 41.3 Å². The van der Waals surface area contributed by atoms with E-state index < -0.39 is 0 Å². The summed E-state index contributed by atoms with van der Waals surface area (Å²) in [6, 6.07) is 6.93. The van der Waals surface area contributed by atoms with Crippen LogP contribution in [0.5, 0.6) is 0 Å². The number of carbonyl (C=O) groups is 1. The zero-order chi connectivity index (χ0) is 18.1. The van der Waals surface area contributed by atoms with Crippen molar-refractivity contribution in [3.8, 4) is 0 Å². The molecule has 0 bridgehead atoms. The molecule has 7 nitrogen and oxygen atoms in total. The molecule has 3 aromatic rings. The fraction of sp³-hybridized carbons (Fsp3) is 0.294. The van der Waals surface area contributed by atoms with E-state index in [4.69, 9.17) is 11.6 Å². The van der Waals surface area contributed by atoms with E-state index in [1.165, 1.54) is 0 Å². The van der Waals surface area contributed by atoms with Crippen LogP contribution in [-0.2, 0) is 7.05 Å². The minimum absolute atomic E-state index is 0.129. The van der Waals surface area contributed by atoms with Gasteiger partial charge in [-0.2, -0.15) is 16.9 Å². The molecule has 0 spiro atoms. The Kier molecular flexibility index (Phi) is 4.69. The number of benzene rings is 1. The summed E-state index contributed by atoms with van der Waals surface area (Å²) in [5, 5.41) is 8.57. The molecule has 0 atom stereocenters. The van der Waals surface area contributed by atoms with Gasteiger partial charge in [-0.1, -0.05) is 11.6 Å². The number of rotatable bonds is 3. The van der Waals surface area contributed by atoms with E-state index >= 15 is 0 Å². The van der Waals surface area contributed by atoms with Crippen LogP contribution in [0, 0.1) is 0 Å². The first-order chi connectivity index (χ1) is 12.6. The predicted molar refractivity (Wildman–Crippen MR) is 105 cm³/mol. The second kappa shape index (κ2) is 7.13. The average Bonchev–Trinajstić information content (AvgIpc) is 3.04. The second-order valence-electron chi connectivity index (χ2n) is 5.94. The first kappa shape index (κ1) is 17.1. The van der Waals surface area contributed by atoms with Crippen molar-refractivity contribution in [1.82, 2.24) is 19.7 Å². The highest BCUT2D eigenvalue weighted by Crippen LogP contribution is 2.26. The van der Waals surface area contributed by atoms with Crippen LogP contribution in [0.3, 0.4) is 0 Å². The minimum atomic E-state index is -0.358. The third-order valence-electron chi connectivity index (χ3n) is 4.19. The molecule has 1 fully saturated rings. The quantitative estimate of drug-likeness (QED) is 0.743. The summed E-state index contributed by atoms with van der Waals surface area (Å²) in [4.78, 5) is 23.9. The summed E-state index contributed by atoms with van der Waals surface area (Å²) in [6.45, 7) is 1.79. The van der Waals surface area contributed by atoms with Crippen molar-refractivity contribution in [2.45, 2.75) is 0 Å². The van der Waals surface area contributed by atoms with Crippen LogP contribution in [0.1, 0.15) is 10.6 Å². The number of fused-ring (bicyclic) bond motifs is 1. The molecule has 1 saturated heterocycles. The fourth-order valence-corrected chi connectivity index (χ4v) is 3.87. The predicted octanol–water partition coefficient (Wildman–Crippen LogP) is 2.82. The standard InChI is InChI=1S/C17H17ClN6OS/c1-23-15-13(10-19-23)16(24-6-8-26-9-7-24)22-14(21-15)17(25)20-12-4-2-11(18)3-5-12/h2-5,10H,6-9H2,1H3,(H,20,25). The van der Waals surface area contributed by atoms with E-state index in [2.05, 4.69) is 25.3 Å². The van der Waals surface area contributed by atoms with Crippen LogP contribution >= 0.6 is 23.4 Å². The molecule has 26 heavy (non-hydrogen) atoms. The third-order valence-corrected chi connectivity index (χ3v) is 5.38. The van der Waals surface area contributed by atoms with Gasteiger partial charge in [-0.15, -0.1) is 0 Å². The fourth-order valence-electron chi connectivity index (χ4n) is 2.85. The maximum absolute atomic E-state index is 12.7. The number of hydrogen-bond acceptors (Lipinski definition) is 6. The topological polar surface area (TPSA) is 75.9 Å². The van der Waals surface area contributed by atoms with E-state index in [1.54, 1.807) is 35.1 Å². The number of aromatic nitrogens is 4. The van der Waals surface area contributed by atoms with Gasteiger partial charge in [0.05, 0.1) is 11.6 Å². The highest BCUT2D eigenvalue weighted by atomic mass is 35.5. The first-order valence-corrected chi connectivity index (χ1v) is 9.74. The summed E-state index contributed by atoms with van der Waals surface area (Å²) in [6.07, 6.45) is 1.76. The molecule has 0 radical (unpaired) electrons. The Hall–Kier alpha value is -2.32. The van der Waals surface area contributed by atoms with Crippen LogP contribution in [0.2, 0.25) is 5.02 Å². The van der Waals surface area contributed by atoms with E-state index in [-0.39, 0.29) is 11.7 Å². The number of carbonyl (C=O) groups excluding carboxylic acids is 1. The molecule has 134 valence electrons. The molecule has 0 aliphatic carbocycles. The number of thioether (sulfide) groups is 1. The molecule has 1 amide bonds. The SMILES string of the molecule is Cn1ncc2c(N3CCSCC3)nc(C(=O)Nc3ccc(Cl)cc3)nc21. The Labute approximate surface area is 159 Å². The largest absolute Gasteiger partial charge is 0.354 e. The molecule has 9 heteroatoms. The average molecular weight is 389 g/mol. The van der Waals surface area contributed by atoms with Gasteiger partial charge < -0.3 is 10.2 Å². The number of hydrogen-bond donors (Lipinski definition) is 1. The van der Waals surface area contributed by atoms with E-state index in [0.29, 0.717) is 16.4 Å². The van der Waals surface area contributed by atoms with Crippen LogP contribution in [0.4, 0.5) is 11.5 Å². The molecule has 3 heterocycles. The molecule has 4 rings (SSSR count). The summed E-state index contributed by atoms with van der Waals surface area (Å²) in [5.74, 6) is 2.62. The molecule has 1 aliphatic heterocycles. The van der Waals surface area contributed by atoms with Crippen molar-refractivity contribution >= 4 is 51.8 Å². The molecular weight excluding hydrogens is 372 g/mol. The van der Waals surface area contributed by atoms with Gasteiger partial charge in [0, 0.05) is 42.4 Å². The van der Waals surface area contributed by atoms with Gasteiger partial charge in [0.1, 0.15) is 5.82 Å². The van der Waals surface area contributed by atoms with Gasteiger partial charge in [-0.25, -0.2) is 9.97 Å². The Morgan fingerprint density at radius 1 is 1.19 bits per heavy atom. The smallest absolute Gasteiger partial charge is 0.293 e. The Bertz CT molecular complexity index is 952. The molecule has 1 N–H and O–H groups in total. The highest BCUT2D eigenvalue weighted by Gasteiger charge is 2.21. The van der Waals surface area contributed by atoms with Gasteiger partial charge in [0.25, 0.3) is 5.91 Å². The number of nitrogens with one attached hydrogen (secondary N) is 1. The highest BCUT2D eigenvalue weighted by molar-refractivity contribution is 7.99. The molecule has 1 aromatic carbocycles. The maximum atomic E-state index is 12.7. The molecule has 0 unspecified atom stereocenters. The van der Waals surface area contributed by atoms with Gasteiger partial charge >= 0.3 is 0 Å². The van der Waals surface area contributed by atoms with Gasteiger partial charge in [-0.05, 0) is 24.3 Å². The lowest BCUT2D eigenvalue weighted by molar-refractivity contribution is 0.101. The Balaban J connectivity index is 1.71. The van der Waals surface area contributed by atoms with Crippen molar-refractivity contribution in [2.24, 2.45) is 7.05 Å². The second-order valence-corrected chi connectivity index (χ2v) is 7.60. The number of aryl methyl sites for hydroxylation is 1. The lowest BCUT2D eigenvalue weighted by Gasteiger charge is -2.27. The van der Waals surface area contributed by atoms with Crippen molar-refractivity contribution in [3.63, 3.8) is 0 Å². The molecule has 0 saturated carbocycles. The van der Waals surface area contributed by atoms with Crippen molar-refractivity contribution in [1.29, 1.82) is 0 Å². The van der Waals surface area contributed by atoms with Crippen LogP contribution in [-0.4, -0.2) is 50.3 Å². The molecular formula is C17H17ClN6OS. The minimum Gasteiger partial charge on any atom is -0.354 e. The summed E-state index contributed by atoms with van der Waals surface area (Å²) in [7, 11) is 1.81. The first-order valence-electron chi connectivity index (χ1n) is 8.21. The zero-order valence-corrected chi connectivity index (χ0v) is 15.7. The van der Waals surface area contributed by atoms with Gasteiger partial charge in [0.2, 0.25) is 5.82 Å². The number of amides is 1. The van der Waals surface area contributed by atoms with Crippen LogP contribution < -0.4 is 10.2 Å².